The maximum atomic E-state index is 6.19. The van der Waals surface area contributed by atoms with Gasteiger partial charge in [-0.15, -0.1) is 0 Å². The molecule has 2 unspecified atom stereocenters. The van der Waals surface area contributed by atoms with Gasteiger partial charge in [0.2, 0.25) is 0 Å². The number of aryl methyl sites for hydroxylation is 1. The molecule has 1 aromatic rings. The summed E-state index contributed by atoms with van der Waals surface area (Å²) in [5.41, 5.74) is 2.91. The van der Waals surface area contributed by atoms with Crippen LogP contribution in [0.3, 0.4) is 0 Å². The molecule has 2 rings (SSSR count). The van der Waals surface area contributed by atoms with Crippen molar-refractivity contribution in [1.82, 2.24) is 5.32 Å². The third kappa shape index (κ3) is 4.80. The van der Waals surface area contributed by atoms with Gasteiger partial charge < -0.3 is 14.8 Å². The van der Waals surface area contributed by atoms with E-state index in [1.54, 1.807) is 7.11 Å². The summed E-state index contributed by atoms with van der Waals surface area (Å²) in [4.78, 5) is 0. The molecule has 1 aliphatic rings. The molecule has 0 saturated heterocycles. The van der Waals surface area contributed by atoms with Crippen molar-refractivity contribution in [2.45, 2.75) is 51.2 Å². The van der Waals surface area contributed by atoms with Crippen molar-refractivity contribution in [1.29, 1.82) is 0 Å². The average Bonchev–Trinajstić information content (AvgIpc) is 2.69. The van der Waals surface area contributed by atoms with E-state index in [0.717, 1.165) is 39.0 Å². The quantitative estimate of drug-likeness (QED) is 0.587. The fourth-order valence-electron chi connectivity index (χ4n) is 3.08. The maximum absolute atomic E-state index is 6.19. The molecule has 0 fully saturated rings. The average molecular weight is 291 g/mol. The first-order valence-corrected chi connectivity index (χ1v) is 8.28. The minimum absolute atomic E-state index is 0.275. The molecule has 0 amide bonds. The first-order chi connectivity index (χ1) is 10.4. The Bertz CT molecular complexity index is 408. The molecule has 0 heterocycles. The zero-order valence-corrected chi connectivity index (χ0v) is 13.4. The molecule has 0 saturated carbocycles. The molecule has 0 aromatic heterocycles. The van der Waals surface area contributed by atoms with E-state index >= 15 is 0 Å². The predicted molar refractivity (Wildman–Crippen MR) is 86.6 cm³/mol. The van der Waals surface area contributed by atoms with E-state index in [1.165, 1.54) is 24.0 Å². The van der Waals surface area contributed by atoms with Crippen LogP contribution in [-0.2, 0) is 15.9 Å². The molecule has 1 aromatic carbocycles. The van der Waals surface area contributed by atoms with Crippen LogP contribution in [0.1, 0.15) is 49.8 Å². The third-order valence-electron chi connectivity index (χ3n) is 4.14. The first-order valence-electron chi connectivity index (χ1n) is 8.28. The number of rotatable bonds is 8. The normalized spacial score (nSPS) is 21.8. The van der Waals surface area contributed by atoms with Crippen LogP contribution in [0.4, 0.5) is 0 Å². The number of methoxy groups -OCH3 is 1. The zero-order chi connectivity index (χ0) is 14.9. The molecule has 3 nitrogen and oxygen atoms in total. The van der Waals surface area contributed by atoms with Crippen LogP contribution in [0.2, 0.25) is 0 Å². The molecule has 1 aliphatic carbocycles. The largest absolute Gasteiger partial charge is 0.385 e. The van der Waals surface area contributed by atoms with Crippen molar-refractivity contribution >= 4 is 0 Å². The van der Waals surface area contributed by atoms with E-state index in [1.807, 2.05) is 0 Å². The Hall–Kier alpha value is -0.900. The van der Waals surface area contributed by atoms with Gasteiger partial charge in [0.1, 0.15) is 0 Å². The van der Waals surface area contributed by atoms with Gasteiger partial charge >= 0.3 is 0 Å². The number of benzene rings is 1. The van der Waals surface area contributed by atoms with E-state index in [0.29, 0.717) is 6.04 Å². The Labute approximate surface area is 129 Å². The van der Waals surface area contributed by atoms with Crippen molar-refractivity contribution in [2.24, 2.45) is 0 Å². The summed E-state index contributed by atoms with van der Waals surface area (Å²) in [7, 11) is 1.74. The maximum Gasteiger partial charge on any atom is 0.0769 e. The first kappa shape index (κ1) is 16.5. The summed E-state index contributed by atoms with van der Waals surface area (Å²) in [5, 5.41) is 3.70. The smallest absolute Gasteiger partial charge is 0.0769 e. The fourth-order valence-corrected chi connectivity index (χ4v) is 3.08. The second-order valence-corrected chi connectivity index (χ2v) is 5.78. The molecule has 0 spiro atoms. The van der Waals surface area contributed by atoms with Gasteiger partial charge in [-0.05, 0) is 49.8 Å². The molecule has 0 bridgehead atoms. The Morgan fingerprint density at radius 2 is 2.10 bits per heavy atom. The molecule has 1 N–H and O–H groups in total. The number of fused-ring (bicyclic) bond motifs is 1. The van der Waals surface area contributed by atoms with Crippen LogP contribution in [0, 0.1) is 0 Å². The second-order valence-electron chi connectivity index (χ2n) is 5.78. The van der Waals surface area contributed by atoms with Crippen molar-refractivity contribution in [3.05, 3.63) is 35.4 Å². The van der Waals surface area contributed by atoms with Gasteiger partial charge in [0.05, 0.1) is 12.1 Å². The highest BCUT2D eigenvalue weighted by molar-refractivity contribution is 5.32. The monoisotopic (exact) mass is 291 g/mol. The third-order valence-corrected chi connectivity index (χ3v) is 4.14. The minimum atomic E-state index is 0.275. The Balaban J connectivity index is 2.06. The van der Waals surface area contributed by atoms with Crippen molar-refractivity contribution in [3.63, 3.8) is 0 Å². The van der Waals surface area contributed by atoms with E-state index < -0.39 is 0 Å². The highest BCUT2D eigenvalue weighted by Crippen LogP contribution is 2.30. The lowest BCUT2D eigenvalue weighted by atomic mass is 9.97. The molecule has 0 radical (unpaired) electrons. The molecule has 118 valence electrons. The molecule has 21 heavy (non-hydrogen) atoms. The van der Waals surface area contributed by atoms with Gasteiger partial charge in [0.15, 0.2) is 0 Å². The van der Waals surface area contributed by atoms with Gasteiger partial charge in [0, 0.05) is 20.3 Å². The van der Waals surface area contributed by atoms with Crippen LogP contribution >= 0.6 is 0 Å². The lowest BCUT2D eigenvalue weighted by Crippen LogP contribution is -2.34. The summed E-state index contributed by atoms with van der Waals surface area (Å²) in [6.07, 6.45) is 5.89. The standard InChI is InChI=1S/C18H29NO2/c1-3-12-19-18-16-10-5-4-8-15(16)9-6-11-17(18)21-14-7-13-20-2/h4-5,8,10,17-19H,3,6-7,9,11-14H2,1-2H3. The lowest BCUT2D eigenvalue weighted by molar-refractivity contribution is 0.0114. The summed E-state index contributed by atoms with van der Waals surface area (Å²) < 4.78 is 11.3. The van der Waals surface area contributed by atoms with Crippen molar-refractivity contribution in [3.8, 4) is 0 Å². The molecular weight excluding hydrogens is 262 g/mol. The topological polar surface area (TPSA) is 30.5 Å². The van der Waals surface area contributed by atoms with Crippen LogP contribution in [0.15, 0.2) is 24.3 Å². The molecule has 0 aliphatic heterocycles. The lowest BCUT2D eigenvalue weighted by Gasteiger charge is -2.28. The zero-order valence-electron chi connectivity index (χ0n) is 13.4. The summed E-state index contributed by atoms with van der Waals surface area (Å²) in [6.45, 7) is 4.81. The number of ether oxygens (including phenoxy) is 2. The van der Waals surface area contributed by atoms with Gasteiger partial charge in [-0.3, -0.25) is 0 Å². The van der Waals surface area contributed by atoms with Crippen LogP contribution in [0.5, 0.6) is 0 Å². The molecular formula is C18H29NO2. The van der Waals surface area contributed by atoms with E-state index in [2.05, 4.69) is 36.5 Å². The van der Waals surface area contributed by atoms with Gasteiger partial charge in [-0.1, -0.05) is 31.2 Å². The van der Waals surface area contributed by atoms with Gasteiger partial charge in [-0.2, -0.15) is 0 Å². The van der Waals surface area contributed by atoms with Crippen LogP contribution < -0.4 is 5.32 Å². The second kappa shape index (κ2) is 9.19. The van der Waals surface area contributed by atoms with Crippen LogP contribution in [0.25, 0.3) is 0 Å². The predicted octanol–water partition coefficient (Wildman–Crippen LogP) is 3.49. The van der Waals surface area contributed by atoms with E-state index in [9.17, 15) is 0 Å². The number of hydrogen-bond donors (Lipinski definition) is 1. The van der Waals surface area contributed by atoms with Gasteiger partial charge in [-0.25, -0.2) is 0 Å². The SMILES string of the molecule is CCCNC1c2ccccc2CCCC1OCCCOC. The number of nitrogens with one attached hydrogen (secondary N) is 1. The van der Waals surface area contributed by atoms with Gasteiger partial charge in [0.25, 0.3) is 0 Å². The summed E-state index contributed by atoms with van der Waals surface area (Å²) in [5.74, 6) is 0. The van der Waals surface area contributed by atoms with Crippen molar-refractivity contribution < 1.29 is 9.47 Å². The fraction of sp³-hybridized carbons (Fsp3) is 0.667. The van der Waals surface area contributed by atoms with Crippen LogP contribution in [-0.4, -0.2) is 33.0 Å². The summed E-state index contributed by atoms with van der Waals surface area (Å²) in [6, 6.07) is 9.15. The minimum Gasteiger partial charge on any atom is -0.385 e. The highest BCUT2D eigenvalue weighted by atomic mass is 16.5. The van der Waals surface area contributed by atoms with E-state index in [-0.39, 0.29) is 6.10 Å². The van der Waals surface area contributed by atoms with E-state index in [4.69, 9.17) is 9.47 Å². The Morgan fingerprint density at radius 3 is 2.90 bits per heavy atom. The summed E-state index contributed by atoms with van der Waals surface area (Å²) >= 11 is 0. The highest BCUT2D eigenvalue weighted by Gasteiger charge is 2.27. The molecule has 2 atom stereocenters. The molecule has 3 heteroatoms. The Morgan fingerprint density at radius 1 is 1.24 bits per heavy atom. The van der Waals surface area contributed by atoms with Crippen molar-refractivity contribution in [2.75, 3.05) is 26.9 Å². The Kier molecular flexibility index (Phi) is 7.20. The number of hydrogen-bond acceptors (Lipinski definition) is 3.